The molecule has 4 rings (SSSR count). The van der Waals surface area contributed by atoms with Crippen LogP contribution in [-0.2, 0) is 16.6 Å². The van der Waals surface area contributed by atoms with Gasteiger partial charge in [-0.2, -0.15) is 9.40 Å². The molecular formula is C24H28N4O3S. The van der Waals surface area contributed by atoms with Gasteiger partial charge in [0.25, 0.3) is 5.91 Å². The van der Waals surface area contributed by atoms with Crippen molar-refractivity contribution in [2.45, 2.75) is 38.1 Å². The molecule has 2 aromatic carbocycles. The van der Waals surface area contributed by atoms with Gasteiger partial charge >= 0.3 is 0 Å². The molecule has 7 nitrogen and oxygen atoms in total. The Kier molecular flexibility index (Phi) is 6.17. The van der Waals surface area contributed by atoms with E-state index in [0.717, 1.165) is 35.5 Å². The molecule has 0 atom stereocenters. The lowest BCUT2D eigenvalue weighted by molar-refractivity contribution is 0.0784. The normalized spacial score (nSPS) is 14.6. The molecule has 1 aliphatic rings. The van der Waals surface area contributed by atoms with Gasteiger partial charge in [0.2, 0.25) is 10.0 Å². The van der Waals surface area contributed by atoms with Crippen LogP contribution in [-0.4, -0.2) is 53.4 Å². The molecule has 1 saturated heterocycles. The van der Waals surface area contributed by atoms with Gasteiger partial charge in [0, 0.05) is 43.5 Å². The van der Waals surface area contributed by atoms with E-state index >= 15 is 0 Å². The summed E-state index contributed by atoms with van der Waals surface area (Å²) in [6.45, 7) is 5.37. The first-order valence-corrected chi connectivity index (χ1v) is 12.2. The average molecular weight is 453 g/mol. The number of carbonyl (C=O) groups excluding carboxylic acids is 1. The Hall–Kier alpha value is -2.97. The lowest BCUT2D eigenvalue weighted by Crippen LogP contribution is -2.29. The summed E-state index contributed by atoms with van der Waals surface area (Å²) in [5, 5.41) is 4.65. The van der Waals surface area contributed by atoms with E-state index in [-0.39, 0.29) is 10.8 Å². The van der Waals surface area contributed by atoms with Crippen LogP contribution in [0.3, 0.4) is 0 Å². The van der Waals surface area contributed by atoms with Gasteiger partial charge in [0.1, 0.15) is 0 Å². The van der Waals surface area contributed by atoms with Crippen molar-refractivity contribution in [3.05, 3.63) is 77.1 Å². The Morgan fingerprint density at radius 3 is 2.41 bits per heavy atom. The number of amides is 1. The molecule has 0 aliphatic carbocycles. The molecule has 3 aromatic rings. The summed E-state index contributed by atoms with van der Waals surface area (Å²) in [7, 11) is -1.85. The van der Waals surface area contributed by atoms with Crippen LogP contribution in [0.15, 0.2) is 59.5 Å². The molecule has 1 aliphatic heterocycles. The summed E-state index contributed by atoms with van der Waals surface area (Å²) < 4.78 is 29.1. The Labute approximate surface area is 189 Å². The second-order valence-electron chi connectivity index (χ2n) is 8.20. The maximum absolute atomic E-state index is 13.1. The molecule has 32 heavy (non-hydrogen) atoms. The fourth-order valence-corrected chi connectivity index (χ4v) is 5.68. The maximum atomic E-state index is 13.1. The summed E-state index contributed by atoms with van der Waals surface area (Å²) in [6, 6.07) is 16.2. The van der Waals surface area contributed by atoms with Crippen LogP contribution in [0.5, 0.6) is 0 Å². The SMILES string of the molecule is Cc1nn(-c2ccccc2)c(C)c1CN(C)C(=O)c1cccc(S(=O)(=O)N2CCCC2)c1. The molecule has 2 heterocycles. The molecule has 1 fully saturated rings. The topological polar surface area (TPSA) is 75.5 Å². The van der Waals surface area contributed by atoms with E-state index in [1.807, 2.05) is 48.9 Å². The molecule has 168 valence electrons. The van der Waals surface area contributed by atoms with Crippen LogP contribution >= 0.6 is 0 Å². The van der Waals surface area contributed by atoms with Gasteiger partial charge < -0.3 is 4.90 Å². The van der Waals surface area contributed by atoms with Crippen LogP contribution in [0.2, 0.25) is 0 Å². The smallest absolute Gasteiger partial charge is 0.253 e. The van der Waals surface area contributed by atoms with Crippen molar-refractivity contribution < 1.29 is 13.2 Å². The number of hydrogen-bond donors (Lipinski definition) is 0. The predicted molar refractivity (Wildman–Crippen MR) is 123 cm³/mol. The minimum atomic E-state index is -3.57. The van der Waals surface area contributed by atoms with Crippen LogP contribution in [0, 0.1) is 13.8 Å². The molecule has 8 heteroatoms. The van der Waals surface area contributed by atoms with E-state index in [4.69, 9.17) is 0 Å². The van der Waals surface area contributed by atoms with Gasteiger partial charge in [0.15, 0.2) is 0 Å². The highest BCUT2D eigenvalue weighted by atomic mass is 32.2. The van der Waals surface area contributed by atoms with Crippen molar-refractivity contribution in [1.82, 2.24) is 19.0 Å². The number of aryl methyl sites for hydroxylation is 1. The zero-order valence-electron chi connectivity index (χ0n) is 18.7. The zero-order chi connectivity index (χ0) is 22.9. The summed E-state index contributed by atoms with van der Waals surface area (Å²) in [6.07, 6.45) is 1.74. The molecule has 1 amide bonds. The van der Waals surface area contributed by atoms with Gasteiger partial charge in [-0.25, -0.2) is 13.1 Å². The zero-order valence-corrected chi connectivity index (χ0v) is 19.5. The third-order valence-electron chi connectivity index (χ3n) is 5.97. The van der Waals surface area contributed by atoms with Gasteiger partial charge in [-0.15, -0.1) is 0 Å². The predicted octanol–water partition coefficient (Wildman–Crippen LogP) is 3.55. The highest BCUT2D eigenvalue weighted by Crippen LogP contribution is 2.23. The molecule has 0 unspecified atom stereocenters. The van der Waals surface area contributed by atoms with Crippen LogP contribution in [0.25, 0.3) is 5.69 Å². The van der Waals surface area contributed by atoms with E-state index in [2.05, 4.69) is 5.10 Å². The van der Waals surface area contributed by atoms with Gasteiger partial charge in [-0.1, -0.05) is 24.3 Å². The molecule has 1 aromatic heterocycles. The molecule has 0 N–H and O–H groups in total. The van der Waals surface area contributed by atoms with E-state index in [1.54, 1.807) is 30.1 Å². The minimum absolute atomic E-state index is 0.169. The van der Waals surface area contributed by atoms with E-state index in [1.165, 1.54) is 10.4 Å². The standard InChI is InChI=1S/C24H28N4O3S/c1-18-23(19(2)28(25-18)21-11-5-4-6-12-21)17-26(3)24(29)20-10-9-13-22(16-20)32(30,31)27-14-7-8-15-27/h4-6,9-13,16H,7-8,14-15,17H2,1-3H3. The van der Waals surface area contributed by atoms with E-state index in [9.17, 15) is 13.2 Å². The average Bonchev–Trinajstić information content (AvgIpc) is 3.44. The Bertz CT molecular complexity index is 1230. The highest BCUT2D eigenvalue weighted by molar-refractivity contribution is 7.89. The summed E-state index contributed by atoms with van der Waals surface area (Å²) in [5.41, 5.74) is 4.13. The number of aromatic nitrogens is 2. The monoisotopic (exact) mass is 452 g/mol. The summed E-state index contributed by atoms with van der Waals surface area (Å²) in [4.78, 5) is 14.9. The fraction of sp³-hybridized carbons (Fsp3) is 0.333. The van der Waals surface area contributed by atoms with Crippen molar-refractivity contribution >= 4 is 15.9 Å². The quantitative estimate of drug-likeness (QED) is 0.573. The molecule has 0 spiro atoms. The largest absolute Gasteiger partial charge is 0.337 e. The number of sulfonamides is 1. The lowest BCUT2D eigenvalue weighted by Gasteiger charge is -2.19. The van der Waals surface area contributed by atoms with E-state index in [0.29, 0.717) is 25.2 Å². The van der Waals surface area contributed by atoms with Crippen LogP contribution < -0.4 is 0 Å². The van der Waals surface area contributed by atoms with Crippen molar-refractivity contribution in [2.75, 3.05) is 20.1 Å². The maximum Gasteiger partial charge on any atom is 0.253 e. The fourth-order valence-electron chi connectivity index (χ4n) is 4.12. The van der Waals surface area contributed by atoms with Crippen LogP contribution in [0.1, 0.15) is 40.2 Å². The van der Waals surface area contributed by atoms with Gasteiger partial charge in [-0.05, 0) is 57.0 Å². The number of carbonyl (C=O) groups is 1. The van der Waals surface area contributed by atoms with Crippen molar-refractivity contribution in [1.29, 1.82) is 0 Å². The molecule has 0 bridgehead atoms. The number of benzene rings is 2. The molecular weight excluding hydrogens is 424 g/mol. The van der Waals surface area contributed by atoms with Crippen molar-refractivity contribution in [3.63, 3.8) is 0 Å². The van der Waals surface area contributed by atoms with Crippen molar-refractivity contribution in [3.8, 4) is 5.69 Å². The second kappa shape index (κ2) is 8.88. The first-order chi connectivity index (χ1) is 15.3. The van der Waals surface area contributed by atoms with Gasteiger partial charge in [0.05, 0.1) is 16.3 Å². The first kappa shape index (κ1) is 22.2. The Morgan fingerprint density at radius 2 is 1.72 bits per heavy atom. The molecule has 0 saturated carbocycles. The lowest BCUT2D eigenvalue weighted by atomic mass is 10.1. The number of para-hydroxylation sites is 1. The summed E-state index contributed by atoms with van der Waals surface area (Å²) >= 11 is 0. The minimum Gasteiger partial charge on any atom is -0.337 e. The Morgan fingerprint density at radius 1 is 1.03 bits per heavy atom. The van der Waals surface area contributed by atoms with Gasteiger partial charge in [-0.3, -0.25) is 4.79 Å². The number of rotatable bonds is 6. The Balaban J connectivity index is 1.56. The van der Waals surface area contributed by atoms with Crippen molar-refractivity contribution in [2.24, 2.45) is 0 Å². The third-order valence-corrected chi connectivity index (χ3v) is 7.86. The number of nitrogens with zero attached hydrogens (tertiary/aromatic N) is 4. The summed E-state index contributed by atoms with van der Waals surface area (Å²) in [5.74, 6) is -0.227. The number of hydrogen-bond acceptors (Lipinski definition) is 4. The second-order valence-corrected chi connectivity index (χ2v) is 10.1. The van der Waals surface area contributed by atoms with Crippen LogP contribution in [0.4, 0.5) is 0 Å². The molecule has 0 radical (unpaired) electrons. The third kappa shape index (κ3) is 4.20. The van der Waals surface area contributed by atoms with E-state index < -0.39 is 10.0 Å². The highest BCUT2D eigenvalue weighted by Gasteiger charge is 2.28. The first-order valence-electron chi connectivity index (χ1n) is 10.8.